The number of carbonyl (C=O) groups is 1. The molecule has 0 radical (unpaired) electrons. The molecule has 2 aromatic rings. The van der Waals surface area contributed by atoms with E-state index in [1.165, 1.54) is 4.31 Å². The van der Waals surface area contributed by atoms with Crippen molar-refractivity contribution in [2.45, 2.75) is 36.7 Å². The first-order chi connectivity index (χ1) is 12.0. The van der Waals surface area contributed by atoms with Gasteiger partial charge in [-0.05, 0) is 48.6 Å². The number of halogens is 1. The second-order valence-corrected chi connectivity index (χ2v) is 9.72. The molecule has 1 amide bonds. The topological polar surface area (TPSA) is 66.5 Å². The van der Waals surface area contributed by atoms with Crippen LogP contribution in [-0.4, -0.2) is 31.2 Å². The Bertz CT molecular complexity index is 820. The summed E-state index contributed by atoms with van der Waals surface area (Å²) in [5.74, 6) is -0.228. The van der Waals surface area contributed by atoms with E-state index >= 15 is 0 Å². The zero-order valence-corrected chi connectivity index (χ0v) is 16.7. The van der Waals surface area contributed by atoms with Crippen LogP contribution in [0.5, 0.6) is 0 Å². The van der Waals surface area contributed by atoms with E-state index in [0.717, 1.165) is 22.2 Å². The minimum absolute atomic E-state index is 0.216. The van der Waals surface area contributed by atoms with Crippen LogP contribution >= 0.6 is 27.3 Å². The Labute approximate surface area is 160 Å². The number of carbonyl (C=O) groups excluding carboxylic acids is 1. The SMILES string of the molecule is O=C(NCc1cccs1)C1CCCCN1S(=O)(=O)c1ccc(Br)cc1. The molecule has 25 heavy (non-hydrogen) atoms. The molecular weight excluding hydrogens is 424 g/mol. The monoisotopic (exact) mass is 442 g/mol. The van der Waals surface area contributed by atoms with Crippen molar-refractivity contribution in [1.29, 1.82) is 0 Å². The molecule has 0 bridgehead atoms. The van der Waals surface area contributed by atoms with Gasteiger partial charge in [-0.3, -0.25) is 4.79 Å². The Morgan fingerprint density at radius 3 is 2.68 bits per heavy atom. The van der Waals surface area contributed by atoms with Crippen LogP contribution in [0.25, 0.3) is 0 Å². The Balaban J connectivity index is 1.77. The molecule has 0 spiro atoms. The van der Waals surface area contributed by atoms with Gasteiger partial charge in [0.25, 0.3) is 0 Å². The molecule has 1 atom stereocenters. The van der Waals surface area contributed by atoms with Gasteiger partial charge in [-0.2, -0.15) is 4.31 Å². The maximum atomic E-state index is 13.0. The van der Waals surface area contributed by atoms with Crippen molar-refractivity contribution in [3.05, 3.63) is 51.1 Å². The zero-order chi connectivity index (χ0) is 17.9. The fraction of sp³-hybridized carbons (Fsp3) is 0.353. The number of piperidine rings is 1. The molecule has 1 aliphatic heterocycles. The van der Waals surface area contributed by atoms with Gasteiger partial charge in [-0.25, -0.2) is 8.42 Å². The molecule has 1 aromatic heterocycles. The van der Waals surface area contributed by atoms with Crippen LogP contribution < -0.4 is 5.32 Å². The molecule has 8 heteroatoms. The minimum atomic E-state index is -3.69. The van der Waals surface area contributed by atoms with Crippen molar-refractivity contribution in [1.82, 2.24) is 9.62 Å². The van der Waals surface area contributed by atoms with E-state index in [2.05, 4.69) is 21.2 Å². The van der Waals surface area contributed by atoms with Crippen LogP contribution in [0.15, 0.2) is 51.1 Å². The van der Waals surface area contributed by atoms with Gasteiger partial charge in [-0.15, -0.1) is 11.3 Å². The van der Waals surface area contributed by atoms with Gasteiger partial charge in [0, 0.05) is 15.9 Å². The summed E-state index contributed by atoms with van der Waals surface area (Å²) in [6.07, 6.45) is 2.17. The predicted octanol–water partition coefficient (Wildman–Crippen LogP) is 3.37. The van der Waals surface area contributed by atoms with Crippen molar-refractivity contribution in [2.75, 3.05) is 6.54 Å². The second-order valence-electron chi connectivity index (χ2n) is 5.88. The normalized spacial score (nSPS) is 18.8. The van der Waals surface area contributed by atoms with Crippen LogP contribution in [-0.2, 0) is 21.4 Å². The lowest BCUT2D eigenvalue weighted by atomic mass is 10.0. The number of amides is 1. The van der Waals surface area contributed by atoms with Gasteiger partial charge in [0.05, 0.1) is 11.4 Å². The first-order valence-electron chi connectivity index (χ1n) is 8.06. The number of nitrogens with one attached hydrogen (secondary N) is 1. The third-order valence-corrected chi connectivity index (χ3v) is 7.52. The van der Waals surface area contributed by atoms with Crippen molar-refractivity contribution in [2.24, 2.45) is 0 Å². The van der Waals surface area contributed by atoms with E-state index in [9.17, 15) is 13.2 Å². The largest absolute Gasteiger partial charge is 0.350 e. The Kier molecular flexibility index (Phi) is 5.93. The standard InChI is InChI=1S/C17H19BrN2O3S2/c18-13-6-8-15(9-7-13)25(22,23)20-10-2-1-5-16(20)17(21)19-12-14-4-3-11-24-14/h3-4,6-9,11,16H,1-2,5,10,12H2,(H,19,21). The molecular formula is C17H19BrN2O3S2. The van der Waals surface area contributed by atoms with Crippen molar-refractivity contribution < 1.29 is 13.2 Å². The summed E-state index contributed by atoms with van der Waals surface area (Å²) in [7, 11) is -3.69. The van der Waals surface area contributed by atoms with Crippen molar-refractivity contribution >= 4 is 43.2 Å². The lowest BCUT2D eigenvalue weighted by Crippen LogP contribution is -2.51. The average molecular weight is 443 g/mol. The van der Waals surface area contributed by atoms with Gasteiger partial charge < -0.3 is 5.32 Å². The molecule has 1 aromatic carbocycles. The van der Waals surface area contributed by atoms with Gasteiger partial charge in [0.15, 0.2) is 0 Å². The Morgan fingerprint density at radius 1 is 1.24 bits per heavy atom. The predicted molar refractivity (Wildman–Crippen MR) is 102 cm³/mol. The molecule has 1 unspecified atom stereocenters. The summed E-state index contributed by atoms with van der Waals surface area (Å²) in [6, 6.07) is 9.75. The highest BCUT2D eigenvalue weighted by Crippen LogP contribution is 2.26. The number of thiophene rings is 1. The minimum Gasteiger partial charge on any atom is -0.350 e. The van der Waals surface area contributed by atoms with Crippen molar-refractivity contribution in [3.8, 4) is 0 Å². The fourth-order valence-corrected chi connectivity index (χ4v) is 5.47. The highest BCUT2D eigenvalue weighted by molar-refractivity contribution is 9.10. The third kappa shape index (κ3) is 4.31. The van der Waals surface area contributed by atoms with Crippen molar-refractivity contribution in [3.63, 3.8) is 0 Å². The summed E-state index contributed by atoms with van der Waals surface area (Å²) in [5, 5.41) is 4.83. The highest BCUT2D eigenvalue weighted by Gasteiger charge is 2.37. The summed E-state index contributed by atoms with van der Waals surface area (Å²) in [6.45, 7) is 0.800. The molecule has 1 N–H and O–H groups in total. The van der Waals surface area contributed by atoms with E-state index in [0.29, 0.717) is 19.5 Å². The van der Waals surface area contributed by atoms with E-state index in [1.807, 2.05) is 17.5 Å². The molecule has 5 nitrogen and oxygen atoms in total. The number of nitrogens with zero attached hydrogens (tertiary/aromatic N) is 1. The maximum Gasteiger partial charge on any atom is 0.243 e. The van der Waals surface area contributed by atoms with Gasteiger partial charge in [0.2, 0.25) is 15.9 Å². The summed E-state index contributed by atoms with van der Waals surface area (Å²) in [4.78, 5) is 13.9. The van der Waals surface area contributed by atoms with E-state index < -0.39 is 16.1 Å². The number of hydrogen-bond acceptors (Lipinski definition) is 4. The lowest BCUT2D eigenvalue weighted by molar-refractivity contribution is -0.125. The smallest absolute Gasteiger partial charge is 0.243 e. The zero-order valence-electron chi connectivity index (χ0n) is 13.5. The average Bonchev–Trinajstić information content (AvgIpc) is 3.13. The van der Waals surface area contributed by atoms with Gasteiger partial charge in [-0.1, -0.05) is 28.4 Å². The fourth-order valence-electron chi connectivity index (χ4n) is 2.90. The highest BCUT2D eigenvalue weighted by atomic mass is 79.9. The molecule has 1 fully saturated rings. The maximum absolute atomic E-state index is 13.0. The molecule has 2 heterocycles. The van der Waals surface area contributed by atoms with Crippen LogP contribution in [0.4, 0.5) is 0 Å². The first-order valence-corrected chi connectivity index (χ1v) is 11.2. The number of hydrogen-bond donors (Lipinski definition) is 1. The van der Waals surface area contributed by atoms with Crippen LogP contribution in [0, 0.1) is 0 Å². The molecule has 134 valence electrons. The van der Waals surface area contributed by atoms with E-state index in [1.54, 1.807) is 35.6 Å². The number of rotatable bonds is 5. The Hall–Kier alpha value is -1.22. The lowest BCUT2D eigenvalue weighted by Gasteiger charge is -2.33. The first kappa shape index (κ1) is 18.6. The van der Waals surface area contributed by atoms with E-state index in [4.69, 9.17) is 0 Å². The molecule has 0 saturated carbocycles. The van der Waals surface area contributed by atoms with Gasteiger partial charge in [0.1, 0.15) is 6.04 Å². The third-order valence-electron chi connectivity index (χ3n) is 4.19. The summed E-state index contributed by atoms with van der Waals surface area (Å²) < 4.78 is 28.1. The summed E-state index contributed by atoms with van der Waals surface area (Å²) >= 11 is 4.88. The van der Waals surface area contributed by atoms with E-state index in [-0.39, 0.29) is 10.8 Å². The quantitative estimate of drug-likeness (QED) is 0.771. The second kappa shape index (κ2) is 7.99. The Morgan fingerprint density at radius 2 is 2.00 bits per heavy atom. The van der Waals surface area contributed by atoms with Crippen LogP contribution in [0.1, 0.15) is 24.1 Å². The number of sulfonamides is 1. The summed E-state index contributed by atoms with van der Waals surface area (Å²) in [5.41, 5.74) is 0. The number of benzene rings is 1. The molecule has 1 aliphatic rings. The van der Waals surface area contributed by atoms with Crippen LogP contribution in [0.2, 0.25) is 0 Å². The molecule has 0 aliphatic carbocycles. The van der Waals surface area contributed by atoms with Crippen LogP contribution in [0.3, 0.4) is 0 Å². The van der Waals surface area contributed by atoms with Gasteiger partial charge >= 0.3 is 0 Å². The molecule has 3 rings (SSSR count). The molecule has 1 saturated heterocycles.